The highest BCUT2D eigenvalue weighted by Gasteiger charge is 2.44. The molecule has 3 aromatic rings. The number of ether oxygens (including phenoxy) is 10. The predicted octanol–water partition coefficient (Wildman–Crippen LogP) is 7.07. The van der Waals surface area contributed by atoms with Crippen LogP contribution in [0.4, 0.5) is 0 Å². The monoisotopic (exact) mass is 954 g/mol. The van der Waals surface area contributed by atoms with Gasteiger partial charge in [0.25, 0.3) is 0 Å². The second-order valence-corrected chi connectivity index (χ2v) is 14.7. The third-order valence-electron chi connectivity index (χ3n) is 10.4. The van der Waals surface area contributed by atoms with Crippen molar-refractivity contribution < 1.29 is 76.1 Å². The van der Waals surface area contributed by atoms with E-state index >= 15 is 0 Å². The molecule has 4 atom stereocenters. The molecule has 0 aromatic heterocycles. The van der Waals surface area contributed by atoms with Gasteiger partial charge in [-0.2, -0.15) is 10.2 Å². The molecule has 0 heterocycles. The van der Waals surface area contributed by atoms with Gasteiger partial charge in [-0.05, 0) is 65.9 Å². The molecular formula is C52H46N2O16. The number of nitrogens with zero attached hydrogens (tertiary/aromatic N) is 2. The van der Waals surface area contributed by atoms with Crippen LogP contribution >= 0.6 is 0 Å². The molecule has 1 fully saturated rings. The molecule has 18 heteroatoms. The molecular weight excluding hydrogens is 909 g/mol. The summed E-state index contributed by atoms with van der Waals surface area (Å²) in [4.78, 5) is 73.4. The first-order valence-electron chi connectivity index (χ1n) is 21.3. The van der Waals surface area contributed by atoms with Crippen LogP contribution in [-0.2, 0) is 49.3 Å². The van der Waals surface area contributed by atoms with Gasteiger partial charge in [0.15, 0.2) is 23.0 Å². The standard InChI is InChI=1S/C52H46N2O16/c1-5-46(55)66-29-62-42-21-18-34(26-44(42)64-31-68-48(57)7-3)51(59)61-24-23-33-17-20-41(36(25-33)28-53-54-50-39-15-11-9-13-37(39)38-14-10-12-16-40(38)50)70-52(60)35-19-22-43(63-30-67-47(56)6-2)45(27-35)65-32-69-49(58)8-4/h5-22,25-28,37-40H,1-4,23-24,29-32H2/b53-28+,54-50?. The number of hydrogen-bond acceptors (Lipinski definition) is 18. The number of hydrogen-bond donors (Lipinski definition) is 0. The van der Waals surface area contributed by atoms with Gasteiger partial charge in [0.1, 0.15) is 5.75 Å². The first-order chi connectivity index (χ1) is 34.0. The van der Waals surface area contributed by atoms with Gasteiger partial charge in [0, 0.05) is 48.1 Å². The van der Waals surface area contributed by atoms with Crippen molar-refractivity contribution in [3.8, 4) is 28.7 Å². The van der Waals surface area contributed by atoms with Gasteiger partial charge in [-0.15, -0.1) is 0 Å². The molecule has 0 saturated heterocycles. The van der Waals surface area contributed by atoms with E-state index in [1.54, 1.807) is 18.2 Å². The fraction of sp³-hybridized carbons (Fsp3) is 0.192. The summed E-state index contributed by atoms with van der Waals surface area (Å²) in [5.74, 6) is -3.92. The van der Waals surface area contributed by atoms with Crippen molar-refractivity contribution in [2.24, 2.45) is 33.9 Å². The Kier molecular flexibility index (Phi) is 18.1. The highest BCUT2D eigenvalue weighted by molar-refractivity contribution is 5.97. The molecule has 360 valence electrons. The number of benzene rings is 3. The average Bonchev–Trinajstić information content (AvgIpc) is 3.70. The molecule has 0 aliphatic heterocycles. The summed E-state index contributed by atoms with van der Waals surface area (Å²) in [5, 5.41) is 9.22. The lowest BCUT2D eigenvalue weighted by Crippen LogP contribution is -2.15. The summed E-state index contributed by atoms with van der Waals surface area (Å²) < 4.78 is 53.1. The van der Waals surface area contributed by atoms with Crippen molar-refractivity contribution in [1.29, 1.82) is 0 Å². The summed E-state index contributed by atoms with van der Waals surface area (Å²) in [6, 6.07) is 13.1. The van der Waals surface area contributed by atoms with Crippen LogP contribution in [0.25, 0.3) is 0 Å². The van der Waals surface area contributed by atoms with E-state index in [1.165, 1.54) is 42.6 Å². The minimum atomic E-state index is -0.823. The number of carbonyl (C=O) groups is 6. The van der Waals surface area contributed by atoms with E-state index in [4.69, 9.17) is 52.5 Å². The smallest absolute Gasteiger partial charge is 0.343 e. The van der Waals surface area contributed by atoms with E-state index in [9.17, 15) is 28.8 Å². The molecule has 0 bridgehead atoms. The molecule has 0 amide bonds. The highest BCUT2D eigenvalue weighted by Crippen LogP contribution is 2.45. The Hall–Kier alpha value is -9.06. The minimum Gasteiger partial charge on any atom is -0.462 e. The first kappa shape index (κ1) is 50.4. The van der Waals surface area contributed by atoms with Crippen LogP contribution < -0.4 is 23.7 Å². The maximum atomic E-state index is 13.8. The largest absolute Gasteiger partial charge is 0.462 e. The zero-order valence-electron chi connectivity index (χ0n) is 37.5. The molecule has 6 rings (SSSR count). The lowest BCUT2D eigenvalue weighted by Gasteiger charge is -2.20. The molecule has 3 aromatic carbocycles. The molecule has 0 spiro atoms. The molecule has 3 aliphatic carbocycles. The fourth-order valence-corrected chi connectivity index (χ4v) is 7.11. The lowest BCUT2D eigenvalue weighted by atomic mass is 9.83. The van der Waals surface area contributed by atoms with E-state index in [0.29, 0.717) is 11.1 Å². The van der Waals surface area contributed by atoms with Gasteiger partial charge < -0.3 is 47.4 Å². The van der Waals surface area contributed by atoms with Gasteiger partial charge >= 0.3 is 35.8 Å². The zero-order valence-corrected chi connectivity index (χ0v) is 37.5. The fourth-order valence-electron chi connectivity index (χ4n) is 7.11. The summed E-state index contributed by atoms with van der Waals surface area (Å²) in [6.45, 7) is 11.1. The molecule has 0 radical (unpaired) electrons. The molecule has 4 unspecified atom stereocenters. The second kappa shape index (κ2) is 25.2. The number of esters is 6. The average molecular weight is 955 g/mol. The van der Waals surface area contributed by atoms with Crippen LogP contribution in [0, 0.1) is 23.7 Å². The molecule has 3 aliphatic rings. The van der Waals surface area contributed by atoms with Crippen molar-refractivity contribution >= 4 is 47.7 Å². The number of allylic oxidation sites excluding steroid dienone is 8. The van der Waals surface area contributed by atoms with Crippen molar-refractivity contribution in [3.63, 3.8) is 0 Å². The van der Waals surface area contributed by atoms with E-state index in [2.05, 4.69) is 55.7 Å². The molecule has 0 N–H and O–H groups in total. The van der Waals surface area contributed by atoms with Crippen LogP contribution in [0.2, 0.25) is 0 Å². The van der Waals surface area contributed by atoms with Crippen LogP contribution in [0.3, 0.4) is 0 Å². The Morgan fingerprint density at radius 2 is 0.943 bits per heavy atom. The second-order valence-electron chi connectivity index (χ2n) is 14.7. The van der Waals surface area contributed by atoms with E-state index in [-0.39, 0.29) is 76.6 Å². The van der Waals surface area contributed by atoms with Crippen LogP contribution in [-0.4, -0.2) is 81.5 Å². The minimum absolute atomic E-state index is 0.000941. The van der Waals surface area contributed by atoms with Crippen molar-refractivity contribution in [2.45, 2.75) is 6.42 Å². The zero-order chi connectivity index (χ0) is 49.8. The summed E-state index contributed by atoms with van der Waals surface area (Å²) in [6.07, 6.45) is 22.1. The first-order valence-corrected chi connectivity index (χ1v) is 21.3. The normalized spacial score (nSPS) is 16.9. The highest BCUT2D eigenvalue weighted by atomic mass is 16.7. The predicted molar refractivity (Wildman–Crippen MR) is 251 cm³/mol. The SMILES string of the molecule is C=CC(=O)OCOc1ccc(C(=O)OCCc2ccc(OC(=O)c3ccc(OCOC(=O)C=C)c(OCOC(=O)C=C)c3)c(/C=N/N=C3C4C=CC=CC4C4C=CC=CC34)c2)cc1OCOC(=O)C=C. The quantitative estimate of drug-likeness (QED) is 0.0167. The molecule has 18 nitrogen and oxygen atoms in total. The van der Waals surface area contributed by atoms with Crippen LogP contribution in [0.5, 0.6) is 28.7 Å². The van der Waals surface area contributed by atoms with Gasteiger partial charge in [0.05, 0.1) is 29.7 Å². The lowest BCUT2D eigenvalue weighted by molar-refractivity contribution is -0.146. The van der Waals surface area contributed by atoms with E-state index < -0.39 is 63.0 Å². The maximum absolute atomic E-state index is 13.8. The van der Waals surface area contributed by atoms with Crippen molar-refractivity contribution in [3.05, 3.63) is 176 Å². The number of carbonyl (C=O) groups excluding carboxylic acids is 6. The Bertz CT molecular complexity index is 2670. The summed E-state index contributed by atoms with van der Waals surface area (Å²) in [7, 11) is 0. The van der Waals surface area contributed by atoms with Gasteiger partial charge in [0.2, 0.25) is 27.2 Å². The molecule has 1 saturated carbocycles. The topological polar surface area (TPSA) is 219 Å². The third kappa shape index (κ3) is 13.8. The summed E-state index contributed by atoms with van der Waals surface area (Å²) in [5.41, 5.74) is 1.95. The number of rotatable bonds is 24. The van der Waals surface area contributed by atoms with Gasteiger partial charge in [-0.25, -0.2) is 28.8 Å². The van der Waals surface area contributed by atoms with Gasteiger partial charge in [-0.1, -0.05) is 81.0 Å². The Labute approximate surface area is 401 Å². The van der Waals surface area contributed by atoms with E-state index in [1.807, 2.05) is 24.3 Å². The van der Waals surface area contributed by atoms with Crippen molar-refractivity contribution in [2.75, 3.05) is 33.8 Å². The number of fused-ring (bicyclic) bond motifs is 3. The Morgan fingerprint density at radius 3 is 1.43 bits per heavy atom. The van der Waals surface area contributed by atoms with Crippen molar-refractivity contribution in [1.82, 2.24) is 0 Å². The molecule has 70 heavy (non-hydrogen) atoms. The Morgan fingerprint density at radius 1 is 0.500 bits per heavy atom. The van der Waals surface area contributed by atoms with Gasteiger partial charge in [-0.3, -0.25) is 0 Å². The third-order valence-corrected chi connectivity index (χ3v) is 10.4. The van der Waals surface area contributed by atoms with Crippen LogP contribution in [0.15, 0.2) is 164 Å². The summed E-state index contributed by atoms with van der Waals surface area (Å²) >= 11 is 0. The Balaban J connectivity index is 1.22. The van der Waals surface area contributed by atoms with Crippen LogP contribution in [0.1, 0.15) is 31.8 Å². The van der Waals surface area contributed by atoms with E-state index in [0.717, 1.165) is 30.0 Å². The maximum Gasteiger partial charge on any atom is 0.343 e.